The van der Waals surface area contributed by atoms with E-state index in [2.05, 4.69) is 72.3 Å². The summed E-state index contributed by atoms with van der Waals surface area (Å²) in [5.41, 5.74) is 5.24. The van der Waals surface area contributed by atoms with Gasteiger partial charge < -0.3 is 10.1 Å². The van der Waals surface area contributed by atoms with Crippen molar-refractivity contribution in [2.45, 2.75) is 33.4 Å². The Kier molecular flexibility index (Phi) is 5.43. The molecule has 1 unspecified atom stereocenters. The van der Waals surface area contributed by atoms with Gasteiger partial charge in [0, 0.05) is 12.6 Å². The number of ether oxygens (including phenoxy) is 1. The SMILES string of the molecule is COc1ccc(C(C)NCc2ccc(C)c(C)c2)cc1Br. The molecule has 2 aromatic rings. The molecule has 112 valence electrons. The molecule has 2 rings (SSSR count). The van der Waals surface area contributed by atoms with Crippen LogP contribution in [-0.2, 0) is 6.54 Å². The zero-order chi connectivity index (χ0) is 15.4. The van der Waals surface area contributed by atoms with Crippen molar-refractivity contribution in [1.29, 1.82) is 0 Å². The monoisotopic (exact) mass is 347 g/mol. The van der Waals surface area contributed by atoms with Gasteiger partial charge in [0.1, 0.15) is 5.75 Å². The van der Waals surface area contributed by atoms with Gasteiger partial charge in [0.05, 0.1) is 11.6 Å². The van der Waals surface area contributed by atoms with Gasteiger partial charge in [0.2, 0.25) is 0 Å². The molecule has 0 saturated heterocycles. The maximum Gasteiger partial charge on any atom is 0.133 e. The summed E-state index contributed by atoms with van der Waals surface area (Å²) < 4.78 is 6.25. The molecule has 0 saturated carbocycles. The van der Waals surface area contributed by atoms with Gasteiger partial charge in [-0.3, -0.25) is 0 Å². The van der Waals surface area contributed by atoms with E-state index in [0.29, 0.717) is 0 Å². The standard InChI is InChI=1S/C18H22BrNO/c1-12-5-6-15(9-13(12)2)11-20-14(3)16-7-8-18(21-4)17(19)10-16/h5-10,14,20H,11H2,1-4H3. The molecule has 0 heterocycles. The lowest BCUT2D eigenvalue weighted by Gasteiger charge is -2.16. The van der Waals surface area contributed by atoms with E-state index in [1.54, 1.807) is 7.11 Å². The average molecular weight is 348 g/mol. The molecule has 0 amide bonds. The highest BCUT2D eigenvalue weighted by Gasteiger charge is 2.08. The molecule has 0 bridgehead atoms. The summed E-state index contributed by atoms with van der Waals surface area (Å²) in [5, 5.41) is 3.56. The maximum atomic E-state index is 5.27. The Bertz CT molecular complexity index is 625. The molecular weight excluding hydrogens is 326 g/mol. The Morgan fingerprint density at radius 1 is 1.10 bits per heavy atom. The Labute approximate surface area is 135 Å². The molecule has 2 nitrogen and oxygen atoms in total. The van der Waals surface area contributed by atoms with Crippen LogP contribution < -0.4 is 10.1 Å². The van der Waals surface area contributed by atoms with Gasteiger partial charge in [-0.2, -0.15) is 0 Å². The maximum absolute atomic E-state index is 5.27. The van der Waals surface area contributed by atoms with Crippen molar-refractivity contribution < 1.29 is 4.74 Å². The van der Waals surface area contributed by atoms with Crippen molar-refractivity contribution in [2.24, 2.45) is 0 Å². The van der Waals surface area contributed by atoms with Gasteiger partial charge >= 0.3 is 0 Å². The number of benzene rings is 2. The zero-order valence-electron chi connectivity index (χ0n) is 13.0. The van der Waals surface area contributed by atoms with Gasteiger partial charge in [-0.25, -0.2) is 0 Å². The first kappa shape index (κ1) is 16.1. The second-order valence-corrected chi connectivity index (χ2v) is 6.27. The van der Waals surface area contributed by atoms with Crippen molar-refractivity contribution in [3.63, 3.8) is 0 Å². The summed E-state index contributed by atoms with van der Waals surface area (Å²) in [6.45, 7) is 7.34. The van der Waals surface area contributed by atoms with E-state index < -0.39 is 0 Å². The second kappa shape index (κ2) is 7.10. The molecule has 1 N–H and O–H groups in total. The second-order valence-electron chi connectivity index (χ2n) is 5.42. The largest absolute Gasteiger partial charge is 0.496 e. The van der Waals surface area contributed by atoms with Crippen molar-refractivity contribution in [3.8, 4) is 5.75 Å². The molecule has 0 aliphatic carbocycles. The smallest absolute Gasteiger partial charge is 0.133 e. The van der Waals surface area contributed by atoms with Crippen LogP contribution in [0.3, 0.4) is 0 Å². The van der Waals surface area contributed by atoms with Gasteiger partial charge in [-0.1, -0.05) is 24.3 Å². The van der Waals surface area contributed by atoms with Crippen LogP contribution in [0.1, 0.15) is 35.2 Å². The molecule has 0 spiro atoms. The topological polar surface area (TPSA) is 21.3 Å². The Balaban J connectivity index is 2.02. The summed E-state index contributed by atoms with van der Waals surface area (Å²) in [4.78, 5) is 0. The highest BCUT2D eigenvalue weighted by molar-refractivity contribution is 9.10. The summed E-state index contributed by atoms with van der Waals surface area (Å²) in [6.07, 6.45) is 0. The Morgan fingerprint density at radius 2 is 1.86 bits per heavy atom. The Morgan fingerprint density at radius 3 is 2.48 bits per heavy atom. The lowest BCUT2D eigenvalue weighted by molar-refractivity contribution is 0.411. The minimum absolute atomic E-state index is 0.286. The van der Waals surface area contributed by atoms with E-state index in [9.17, 15) is 0 Å². The lowest BCUT2D eigenvalue weighted by atomic mass is 10.1. The molecule has 2 aromatic carbocycles. The van der Waals surface area contributed by atoms with Crippen molar-refractivity contribution in [1.82, 2.24) is 5.32 Å². The van der Waals surface area contributed by atoms with Crippen LogP contribution in [0.25, 0.3) is 0 Å². The van der Waals surface area contributed by atoms with Gasteiger partial charge in [-0.05, 0) is 71.1 Å². The summed E-state index contributed by atoms with van der Waals surface area (Å²) in [6, 6.07) is 13.1. The number of methoxy groups -OCH3 is 1. The molecule has 0 aromatic heterocycles. The first-order chi connectivity index (χ1) is 10.0. The molecule has 1 atom stereocenters. The van der Waals surface area contributed by atoms with E-state index in [0.717, 1.165) is 16.8 Å². The van der Waals surface area contributed by atoms with Crippen LogP contribution in [0.2, 0.25) is 0 Å². The van der Waals surface area contributed by atoms with Gasteiger partial charge in [-0.15, -0.1) is 0 Å². The van der Waals surface area contributed by atoms with Crippen LogP contribution in [0, 0.1) is 13.8 Å². The van der Waals surface area contributed by atoms with Gasteiger partial charge in [0.15, 0.2) is 0 Å². The van der Waals surface area contributed by atoms with E-state index in [4.69, 9.17) is 4.74 Å². The number of hydrogen-bond acceptors (Lipinski definition) is 2. The molecular formula is C18H22BrNO. The van der Waals surface area contributed by atoms with Crippen molar-refractivity contribution in [3.05, 3.63) is 63.1 Å². The Hall–Kier alpha value is -1.32. The fourth-order valence-corrected chi connectivity index (χ4v) is 2.81. The molecule has 0 fully saturated rings. The number of aryl methyl sites for hydroxylation is 2. The van der Waals surface area contributed by atoms with Crippen LogP contribution >= 0.6 is 15.9 Å². The van der Waals surface area contributed by atoms with Crippen LogP contribution in [-0.4, -0.2) is 7.11 Å². The third-order valence-corrected chi connectivity index (χ3v) is 4.48. The summed E-state index contributed by atoms with van der Waals surface area (Å²) in [5.74, 6) is 0.861. The third kappa shape index (κ3) is 4.08. The summed E-state index contributed by atoms with van der Waals surface area (Å²) >= 11 is 3.54. The van der Waals surface area contributed by atoms with Crippen molar-refractivity contribution >= 4 is 15.9 Å². The number of rotatable bonds is 5. The lowest BCUT2D eigenvalue weighted by Crippen LogP contribution is -2.18. The molecule has 3 heteroatoms. The normalized spacial score (nSPS) is 12.2. The van der Waals surface area contributed by atoms with Crippen molar-refractivity contribution in [2.75, 3.05) is 7.11 Å². The van der Waals surface area contributed by atoms with Crippen LogP contribution in [0.5, 0.6) is 5.75 Å². The van der Waals surface area contributed by atoms with Crippen LogP contribution in [0.15, 0.2) is 40.9 Å². The predicted octanol–water partition coefficient (Wildman–Crippen LogP) is 4.93. The highest BCUT2D eigenvalue weighted by Crippen LogP contribution is 2.28. The molecule has 21 heavy (non-hydrogen) atoms. The fraction of sp³-hybridized carbons (Fsp3) is 0.333. The first-order valence-corrected chi connectivity index (χ1v) is 7.93. The van der Waals surface area contributed by atoms with E-state index in [1.807, 2.05) is 6.07 Å². The number of nitrogens with one attached hydrogen (secondary N) is 1. The number of hydrogen-bond donors (Lipinski definition) is 1. The molecule has 0 aliphatic heterocycles. The van der Waals surface area contributed by atoms with E-state index in [-0.39, 0.29) is 6.04 Å². The average Bonchev–Trinajstić information content (AvgIpc) is 2.48. The zero-order valence-corrected chi connectivity index (χ0v) is 14.6. The summed E-state index contributed by atoms with van der Waals surface area (Å²) in [7, 11) is 1.68. The third-order valence-electron chi connectivity index (χ3n) is 3.86. The molecule has 0 aliphatic rings. The van der Waals surface area contributed by atoms with E-state index >= 15 is 0 Å². The first-order valence-electron chi connectivity index (χ1n) is 7.14. The van der Waals surface area contributed by atoms with E-state index in [1.165, 1.54) is 22.3 Å². The highest BCUT2D eigenvalue weighted by atomic mass is 79.9. The predicted molar refractivity (Wildman–Crippen MR) is 91.9 cm³/mol. The number of halogens is 1. The van der Waals surface area contributed by atoms with Crippen LogP contribution in [0.4, 0.5) is 0 Å². The quantitative estimate of drug-likeness (QED) is 0.828. The minimum atomic E-state index is 0.286. The minimum Gasteiger partial charge on any atom is -0.496 e. The fourth-order valence-electron chi connectivity index (χ4n) is 2.25. The molecule has 0 radical (unpaired) electrons. The van der Waals surface area contributed by atoms with Gasteiger partial charge in [0.25, 0.3) is 0 Å².